The van der Waals surface area contributed by atoms with Gasteiger partial charge in [-0.2, -0.15) is 15.0 Å². The van der Waals surface area contributed by atoms with Crippen LogP contribution in [0.5, 0.6) is 0 Å². The fourth-order valence-electron chi connectivity index (χ4n) is 2.82. The zero-order chi connectivity index (χ0) is 12.5. The zero-order valence-corrected chi connectivity index (χ0v) is 11.1. The van der Waals surface area contributed by atoms with Crippen molar-refractivity contribution in [2.75, 3.05) is 37.3 Å². The Balaban J connectivity index is 1.74. The van der Waals surface area contributed by atoms with Gasteiger partial charge in [-0.05, 0) is 43.5 Å². The molecule has 4 rings (SSSR count). The van der Waals surface area contributed by atoms with Crippen molar-refractivity contribution in [3.05, 3.63) is 5.28 Å². The first kappa shape index (κ1) is 11.9. The average Bonchev–Trinajstić information content (AvgIpc) is 2.39. The number of piperidine rings is 3. The van der Waals surface area contributed by atoms with Crippen LogP contribution in [-0.2, 0) is 0 Å². The lowest BCUT2D eigenvalue weighted by atomic mass is 9.84. The molecule has 0 spiro atoms. The standard InChI is InChI=1S/C11H17ClN6/c1-13-10-15-9(12)16-11(17-10)14-8-6-18-4-2-7(8)3-5-18/h7-8H,2-6H2,1H3,(H2,13,14,15,16,17). The van der Waals surface area contributed by atoms with E-state index in [0.717, 1.165) is 12.5 Å². The predicted octanol–water partition coefficient (Wildman–Crippen LogP) is 1.07. The van der Waals surface area contributed by atoms with Crippen LogP contribution in [0, 0.1) is 5.92 Å². The lowest BCUT2D eigenvalue weighted by Crippen LogP contribution is -2.53. The third kappa shape index (κ3) is 2.35. The minimum atomic E-state index is 0.220. The Labute approximate surface area is 111 Å². The summed E-state index contributed by atoms with van der Waals surface area (Å²) < 4.78 is 0. The average molecular weight is 269 g/mol. The van der Waals surface area contributed by atoms with E-state index in [2.05, 4.69) is 30.5 Å². The SMILES string of the molecule is CNc1nc(Cl)nc(NC2CN3CCC2CC3)n1. The number of nitrogens with zero attached hydrogens (tertiary/aromatic N) is 4. The number of hydrogen-bond acceptors (Lipinski definition) is 6. The smallest absolute Gasteiger partial charge is 0.229 e. The Morgan fingerprint density at radius 3 is 2.50 bits per heavy atom. The number of anilines is 2. The number of fused-ring (bicyclic) bond motifs is 3. The number of hydrogen-bond donors (Lipinski definition) is 2. The summed E-state index contributed by atoms with van der Waals surface area (Å²) in [6.07, 6.45) is 2.52. The van der Waals surface area contributed by atoms with E-state index in [1.807, 2.05) is 0 Å². The Hall–Kier alpha value is -1.14. The molecule has 2 N–H and O–H groups in total. The first-order valence-corrected chi connectivity index (χ1v) is 6.70. The molecule has 0 radical (unpaired) electrons. The molecule has 0 aromatic carbocycles. The summed E-state index contributed by atoms with van der Waals surface area (Å²) in [7, 11) is 1.77. The van der Waals surface area contributed by atoms with Crippen molar-refractivity contribution in [3.63, 3.8) is 0 Å². The van der Waals surface area contributed by atoms with E-state index in [9.17, 15) is 0 Å². The number of nitrogens with one attached hydrogen (secondary N) is 2. The van der Waals surface area contributed by atoms with Crippen LogP contribution in [0.2, 0.25) is 5.28 Å². The van der Waals surface area contributed by atoms with Crippen LogP contribution in [0.1, 0.15) is 12.8 Å². The minimum absolute atomic E-state index is 0.220. The van der Waals surface area contributed by atoms with Gasteiger partial charge < -0.3 is 15.5 Å². The summed E-state index contributed by atoms with van der Waals surface area (Å²) in [5.41, 5.74) is 0. The van der Waals surface area contributed by atoms with Crippen LogP contribution in [-0.4, -0.2) is 52.6 Å². The molecule has 3 fully saturated rings. The Morgan fingerprint density at radius 1 is 1.17 bits per heavy atom. The van der Waals surface area contributed by atoms with Gasteiger partial charge in [-0.3, -0.25) is 0 Å². The maximum atomic E-state index is 5.87. The number of rotatable bonds is 3. The summed E-state index contributed by atoms with van der Waals surface area (Å²) in [6, 6.07) is 0.427. The summed E-state index contributed by atoms with van der Waals surface area (Å²) in [5.74, 6) is 1.79. The third-order valence-electron chi connectivity index (χ3n) is 3.80. The lowest BCUT2D eigenvalue weighted by molar-refractivity contribution is 0.0972. The van der Waals surface area contributed by atoms with E-state index in [1.165, 1.54) is 25.9 Å². The second kappa shape index (κ2) is 4.85. The topological polar surface area (TPSA) is 66.0 Å². The van der Waals surface area contributed by atoms with Crippen molar-refractivity contribution in [1.82, 2.24) is 19.9 Å². The van der Waals surface area contributed by atoms with Crippen LogP contribution in [0.15, 0.2) is 0 Å². The largest absolute Gasteiger partial charge is 0.357 e. The molecule has 6 nitrogen and oxygen atoms in total. The van der Waals surface area contributed by atoms with Gasteiger partial charge in [0.1, 0.15) is 0 Å². The maximum Gasteiger partial charge on any atom is 0.229 e. The summed E-state index contributed by atoms with van der Waals surface area (Å²) >= 11 is 5.87. The van der Waals surface area contributed by atoms with Crippen molar-refractivity contribution in [2.24, 2.45) is 5.92 Å². The van der Waals surface area contributed by atoms with Crippen LogP contribution >= 0.6 is 11.6 Å². The zero-order valence-electron chi connectivity index (χ0n) is 10.4. The summed E-state index contributed by atoms with van der Waals surface area (Å²) in [6.45, 7) is 3.52. The van der Waals surface area contributed by atoms with E-state index in [4.69, 9.17) is 11.6 Å². The van der Waals surface area contributed by atoms with E-state index >= 15 is 0 Å². The molecule has 3 aliphatic heterocycles. The molecule has 98 valence electrons. The molecule has 0 saturated carbocycles. The molecule has 7 heteroatoms. The van der Waals surface area contributed by atoms with E-state index in [-0.39, 0.29) is 5.28 Å². The van der Waals surface area contributed by atoms with Crippen molar-refractivity contribution in [3.8, 4) is 0 Å². The molecule has 3 saturated heterocycles. The van der Waals surface area contributed by atoms with E-state index < -0.39 is 0 Å². The summed E-state index contributed by atoms with van der Waals surface area (Å²) in [5, 5.41) is 6.50. The van der Waals surface area contributed by atoms with Crippen LogP contribution < -0.4 is 10.6 Å². The van der Waals surface area contributed by atoms with Gasteiger partial charge in [0.15, 0.2) is 0 Å². The fourth-order valence-corrected chi connectivity index (χ4v) is 2.98. The Morgan fingerprint density at radius 2 is 1.89 bits per heavy atom. The summed E-state index contributed by atoms with van der Waals surface area (Å²) in [4.78, 5) is 14.9. The van der Waals surface area contributed by atoms with Crippen LogP contribution in [0.25, 0.3) is 0 Å². The number of aromatic nitrogens is 3. The Bertz CT molecular complexity index is 432. The van der Waals surface area contributed by atoms with Gasteiger partial charge in [-0.15, -0.1) is 0 Å². The van der Waals surface area contributed by atoms with Crippen molar-refractivity contribution >= 4 is 23.5 Å². The predicted molar refractivity (Wildman–Crippen MR) is 71.0 cm³/mol. The highest BCUT2D eigenvalue weighted by molar-refractivity contribution is 6.28. The highest BCUT2D eigenvalue weighted by Gasteiger charge is 2.34. The van der Waals surface area contributed by atoms with Gasteiger partial charge >= 0.3 is 0 Å². The van der Waals surface area contributed by atoms with Gasteiger partial charge in [-0.1, -0.05) is 0 Å². The molecular weight excluding hydrogens is 252 g/mol. The molecular formula is C11H17ClN6. The molecule has 18 heavy (non-hydrogen) atoms. The van der Waals surface area contributed by atoms with Gasteiger partial charge in [-0.25, -0.2) is 0 Å². The van der Waals surface area contributed by atoms with Gasteiger partial charge in [0, 0.05) is 19.6 Å². The molecule has 0 amide bonds. The van der Waals surface area contributed by atoms with E-state index in [1.54, 1.807) is 7.05 Å². The lowest BCUT2D eigenvalue weighted by Gasteiger charge is -2.44. The Kier molecular flexibility index (Phi) is 3.22. The van der Waals surface area contributed by atoms with E-state index in [0.29, 0.717) is 17.9 Å². The normalized spacial score (nSPS) is 30.2. The number of halogens is 1. The molecule has 1 aromatic rings. The molecule has 3 aliphatic rings. The maximum absolute atomic E-state index is 5.87. The van der Waals surface area contributed by atoms with Crippen molar-refractivity contribution in [2.45, 2.75) is 18.9 Å². The first-order valence-electron chi connectivity index (χ1n) is 6.33. The fraction of sp³-hybridized carbons (Fsp3) is 0.727. The molecule has 4 heterocycles. The molecule has 1 unspecified atom stereocenters. The molecule has 2 bridgehead atoms. The molecule has 1 atom stereocenters. The van der Waals surface area contributed by atoms with Gasteiger partial charge in [0.05, 0.1) is 0 Å². The second-order valence-corrected chi connectivity index (χ2v) is 5.23. The highest BCUT2D eigenvalue weighted by Crippen LogP contribution is 2.29. The quantitative estimate of drug-likeness (QED) is 0.855. The minimum Gasteiger partial charge on any atom is -0.357 e. The molecule has 1 aromatic heterocycles. The monoisotopic (exact) mass is 268 g/mol. The highest BCUT2D eigenvalue weighted by atomic mass is 35.5. The first-order chi connectivity index (χ1) is 8.74. The molecule has 0 aliphatic carbocycles. The van der Waals surface area contributed by atoms with Crippen LogP contribution in [0.4, 0.5) is 11.9 Å². The van der Waals surface area contributed by atoms with Crippen molar-refractivity contribution < 1.29 is 0 Å². The third-order valence-corrected chi connectivity index (χ3v) is 3.97. The van der Waals surface area contributed by atoms with Crippen LogP contribution in [0.3, 0.4) is 0 Å². The van der Waals surface area contributed by atoms with Crippen molar-refractivity contribution in [1.29, 1.82) is 0 Å². The van der Waals surface area contributed by atoms with Gasteiger partial charge in [0.2, 0.25) is 17.2 Å². The second-order valence-electron chi connectivity index (χ2n) is 4.89. The van der Waals surface area contributed by atoms with Gasteiger partial charge in [0.25, 0.3) is 0 Å².